The summed E-state index contributed by atoms with van der Waals surface area (Å²) < 4.78 is 0. The molecule has 0 spiro atoms. The highest BCUT2D eigenvalue weighted by molar-refractivity contribution is 6.00. The number of oxime groups is 2. The molecular weight excluding hydrogens is 416 g/mol. The molecule has 0 aliphatic heterocycles. The zero-order chi connectivity index (χ0) is 23.8. The molecule has 2 aromatic rings. The van der Waals surface area contributed by atoms with E-state index in [0.717, 1.165) is 58.9 Å². The van der Waals surface area contributed by atoms with Gasteiger partial charge in [0.05, 0.1) is 11.4 Å². The Morgan fingerprint density at radius 1 is 1.12 bits per heavy atom. The van der Waals surface area contributed by atoms with Crippen molar-refractivity contribution in [2.45, 2.75) is 53.9 Å². The summed E-state index contributed by atoms with van der Waals surface area (Å²) >= 11 is 0. The highest BCUT2D eigenvalue weighted by Gasteiger charge is 2.22. The molecule has 7 nitrogen and oxygen atoms in total. The van der Waals surface area contributed by atoms with Crippen molar-refractivity contribution in [3.05, 3.63) is 58.2 Å². The first-order valence-electron chi connectivity index (χ1n) is 11.2. The third-order valence-corrected chi connectivity index (χ3v) is 5.16. The minimum atomic E-state index is -0.289. The molecule has 1 aliphatic rings. The van der Waals surface area contributed by atoms with E-state index in [1.54, 1.807) is 0 Å². The van der Waals surface area contributed by atoms with Crippen molar-refractivity contribution >= 4 is 11.4 Å². The second kappa shape index (κ2) is 11.1. The average molecular weight is 449 g/mol. The van der Waals surface area contributed by atoms with E-state index in [1.165, 1.54) is 0 Å². The summed E-state index contributed by atoms with van der Waals surface area (Å²) in [6.07, 6.45) is 2.77. The maximum atomic E-state index is 8.92. The molecule has 0 fully saturated rings. The smallest absolute Gasteiger partial charge is 0.125 e. The first-order valence-corrected chi connectivity index (χ1v) is 11.2. The summed E-state index contributed by atoms with van der Waals surface area (Å²) in [5.74, 6) is 5.49. The van der Waals surface area contributed by atoms with Crippen LogP contribution in [0, 0.1) is 31.1 Å². The van der Waals surface area contributed by atoms with E-state index in [2.05, 4.69) is 32.1 Å². The average Bonchev–Trinajstić information content (AvgIpc) is 2.77. The van der Waals surface area contributed by atoms with Gasteiger partial charge in [-0.15, -0.1) is 0 Å². The number of aliphatic hydroxyl groups is 1. The van der Waals surface area contributed by atoms with Gasteiger partial charge in [-0.1, -0.05) is 36.1 Å². The van der Waals surface area contributed by atoms with Crippen molar-refractivity contribution in [2.24, 2.45) is 15.7 Å². The Morgan fingerprint density at radius 3 is 2.67 bits per heavy atom. The van der Waals surface area contributed by atoms with E-state index >= 15 is 0 Å². The predicted octanol–water partition coefficient (Wildman–Crippen LogP) is 3.96. The topological polar surface area (TPSA) is 89.2 Å². The fraction of sp³-hybridized carbons (Fsp3) is 0.462. The Morgan fingerprint density at radius 2 is 1.91 bits per heavy atom. The number of fused-ring (bicyclic) bond motifs is 1. The molecule has 0 saturated carbocycles. The maximum absolute atomic E-state index is 8.92. The molecule has 33 heavy (non-hydrogen) atoms. The van der Waals surface area contributed by atoms with E-state index in [1.807, 2.05) is 58.9 Å². The van der Waals surface area contributed by atoms with Crippen LogP contribution >= 0.6 is 0 Å². The van der Waals surface area contributed by atoms with Crippen molar-refractivity contribution < 1.29 is 14.8 Å². The number of aromatic nitrogens is 2. The van der Waals surface area contributed by atoms with Gasteiger partial charge in [-0.3, -0.25) is 4.98 Å². The van der Waals surface area contributed by atoms with Gasteiger partial charge in [-0.2, -0.15) is 0 Å². The molecule has 7 heteroatoms. The van der Waals surface area contributed by atoms with Crippen LogP contribution in [0.1, 0.15) is 67.5 Å². The number of rotatable bonds is 7. The zero-order valence-corrected chi connectivity index (χ0v) is 20.1. The number of pyridine rings is 2. The quantitative estimate of drug-likeness (QED) is 0.393. The van der Waals surface area contributed by atoms with E-state index in [-0.39, 0.29) is 12.0 Å². The highest BCUT2D eigenvalue weighted by atomic mass is 16.6. The van der Waals surface area contributed by atoms with Crippen molar-refractivity contribution in [3.63, 3.8) is 0 Å². The summed E-state index contributed by atoms with van der Waals surface area (Å²) in [4.78, 5) is 20.5. The Hall–Kier alpha value is -3.24. The van der Waals surface area contributed by atoms with Crippen LogP contribution in [0.5, 0.6) is 0 Å². The van der Waals surface area contributed by atoms with Crippen LogP contribution < -0.4 is 0 Å². The third kappa shape index (κ3) is 7.13. The maximum Gasteiger partial charge on any atom is 0.125 e. The van der Waals surface area contributed by atoms with Gasteiger partial charge in [0.2, 0.25) is 0 Å². The van der Waals surface area contributed by atoms with E-state index in [0.29, 0.717) is 18.9 Å². The van der Waals surface area contributed by atoms with Gasteiger partial charge in [-0.05, 0) is 75.3 Å². The summed E-state index contributed by atoms with van der Waals surface area (Å²) in [6.45, 7) is 10.6. The summed E-state index contributed by atoms with van der Waals surface area (Å²) in [7, 11) is 0. The molecule has 1 N–H and O–H groups in total. The van der Waals surface area contributed by atoms with Gasteiger partial charge in [0, 0.05) is 11.1 Å². The standard InChI is InChI=1S/C26H32N4O3/c1-18-14-19(2)27-24(15-18)20(3)29-32-16-26(4,5)17-33-30-23-10-6-8-21-11-12-22(9-7-13-31)28-25(21)23/h11-12,14-15,31H,6,8,10,13,16-17H2,1-5H3. The second-order valence-electron chi connectivity index (χ2n) is 9.11. The molecule has 0 atom stereocenters. The molecule has 1 aliphatic carbocycles. The van der Waals surface area contributed by atoms with Crippen molar-refractivity contribution in [3.8, 4) is 11.8 Å². The number of hydrogen-bond donors (Lipinski definition) is 1. The fourth-order valence-electron chi connectivity index (χ4n) is 3.50. The SMILES string of the molecule is CC(=NOCC(C)(C)CON=C1CCCc2ccc(C#CCO)nc21)c1cc(C)cc(C)n1. The van der Waals surface area contributed by atoms with Gasteiger partial charge in [0.1, 0.15) is 36.9 Å². The minimum Gasteiger partial charge on any atom is -0.395 e. The van der Waals surface area contributed by atoms with Crippen LogP contribution in [0.15, 0.2) is 34.6 Å². The number of aryl methyl sites for hydroxylation is 3. The molecule has 174 valence electrons. The van der Waals surface area contributed by atoms with Crippen molar-refractivity contribution in [2.75, 3.05) is 19.8 Å². The minimum absolute atomic E-state index is 0.190. The lowest BCUT2D eigenvalue weighted by atomic mass is 9.94. The number of aliphatic hydroxyl groups excluding tert-OH is 1. The van der Waals surface area contributed by atoms with E-state index in [4.69, 9.17) is 14.8 Å². The molecule has 0 saturated heterocycles. The van der Waals surface area contributed by atoms with Crippen LogP contribution in [-0.4, -0.2) is 46.3 Å². The summed E-state index contributed by atoms with van der Waals surface area (Å²) in [6, 6.07) is 7.93. The fourth-order valence-corrected chi connectivity index (χ4v) is 3.50. The number of nitrogens with zero attached hydrogens (tertiary/aromatic N) is 4. The first-order chi connectivity index (χ1) is 15.8. The largest absolute Gasteiger partial charge is 0.395 e. The molecule has 3 rings (SSSR count). The van der Waals surface area contributed by atoms with Crippen LogP contribution in [0.2, 0.25) is 0 Å². The Bertz CT molecular complexity index is 1090. The third-order valence-electron chi connectivity index (χ3n) is 5.16. The monoisotopic (exact) mass is 448 g/mol. The lowest BCUT2D eigenvalue weighted by Crippen LogP contribution is -2.24. The van der Waals surface area contributed by atoms with E-state index in [9.17, 15) is 0 Å². The summed E-state index contributed by atoms with van der Waals surface area (Å²) in [5, 5.41) is 17.6. The molecule has 0 bridgehead atoms. The normalized spacial score (nSPS) is 15.0. The van der Waals surface area contributed by atoms with Gasteiger partial charge in [-0.25, -0.2) is 4.98 Å². The highest BCUT2D eigenvalue weighted by Crippen LogP contribution is 2.22. The first kappa shape index (κ1) is 24.4. The second-order valence-corrected chi connectivity index (χ2v) is 9.11. The van der Waals surface area contributed by atoms with Gasteiger partial charge >= 0.3 is 0 Å². The molecule has 0 radical (unpaired) electrons. The van der Waals surface area contributed by atoms with Crippen molar-refractivity contribution in [1.82, 2.24) is 9.97 Å². The van der Waals surface area contributed by atoms with Crippen LogP contribution in [0.25, 0.3) is 0 Å². The molecule has 2 heterocycles. The van der Waals surface area contributed by atoms with Crippen LogP contribution in [0.3, 0.4) is 0 Å². The van der Waals surface area contributed by atoms with Gasteiger partial charge in [0.15, 0.2) is 0 Å². The van der Waals surface area contributed by atoms with Gasteiger partial charge in [0.25, 0.3) is 0 Å². The van der Waals surface area contributed by atoms with Crippen LogP contribution in [0.4, 0.5) is 0 Å². The zero-order valence-electron chi connectivity index (χ0n) is 20.1. The van der Waals surface area contributed by atoms with Crippen molar-refractivity contribution in [1.29, 1.82) is 0 Å². The molecule has 0 unspecified atom stereocenters. The molecular formula is C26H32N4O3. The molecule has 2 aromatic heterocycles. The summed E-state index contributed by atoms with van der Waals surface area (Å²) in [5.41, 5.74) is 6.80. The lowest BCUT2D eigenvalue weighted by molar-refractivity contribution is -0.000158. The Balaban J connectivity index is 1.59. The Kier molecular flexibility index (Phi) is 8.18. The predicted molar refractivity (Wildman–Crippen MR) is 129 cm³/mol. The molecule has 0 amide bonds. The number of hydrogen-bond acceptors (Lipinski definition) is 7. The lowest BCUT2D eigenvalue weighted by Gasteiger charge is -2.22. The van der Waals surface area contributed by atoms with Gasteiger partial charge < -0.3 is 14.8 Å². The molecule has 0 aromatic carbocycles. The van der Waals surface area contributed by atoms with E-state index < -0.39 is 0 Å². The van der Waals surface area contributed by atoms with Crippen LogP contribution in [-0.2, 0) is 16.1 Å². The Labute approximate surface area is 195 Å².